The summed E-state index contributed by atoms with van der Waals surface area (Å²) in [7, 11) is 0. The molecule has 0 atom stereocenters. The number of imidazole rings is 1. The predicted octanol–water partition coefficient (Wildman–Crippen LogP) is 2.17. The largest absolute Gasteiger partial charge is 0.508 e. The number of aryl methyl sites for hydroxylation is 1. The Morgan fingerprint density at radius 1 is 1.04 bits per heavy atom. The Balaban J connectivity index is 1.38. The number of para-hydroxylation sites is 2. The SMILES string of the molecule is Cc1cc(O)cc(N2CCN(CCn3c(=O)[nH]c4ccccc43)CC2)c1. The van der Waals surface area contributed by atoms with E-state index in [0.717, 1.165) is 55.0 Å². The van der Waals surface area contributed by atoms with E-state index in [4.69, 9.17) is 0 Å². The monoisotopic (exact) mass is 352 g/mol. The second kappa shape index (κ2) is 6.88. The number of H-pyrrole nitrogens is 1. The van der Waals surface area contributed by atoms with Crippen LogP contribution in [0.4, 0.5) is 5.69 Å². The second-order valence-electron chi connectivity index (χ2n) is 6.95. The second-order valence-corrected chi connectivity index (χ2v) is 6.95. The van der Waals surface area contributed by atoms with Crippen LogP contribution in [-0.4, -0.2) is 52.3 Å². The van der Waals surface area contributed by atoms with Gasteiger partial charge in [0.2, 0.25) is 0 Å². The number of anilines is 1. The first-order chi connectivity index (χ1) is 12.6. The highest BCUT2D eigenvalue weighted by Crippen LogP contribution is 2.24. The van der Waals surface area contributed by atoms with Crippen LogP contribution < -0.4 is 10.6 Å². The zero-order valence-corrected chi connectivity index (χ0v) is 15.0. The Labute approximate surface area is 152 Å². The summed E-state index contributed by atoms with van der Waals surface area (Å²) < 4.78 is 1.82. The van der Waals surface area contributed by atoms with Crippen molar-refractivity contribution in [1.29, 1.82) is 0 Å². The van der Waals surface area contributed by atoms with Gasteiger partial charge in [0, 0.05) is 51.0 Å². The van der Waals surface area contributed by atoms with E-state index in [1.54, 1.807) is 6.07 Å². The third kappa shape index (κ3) is 3.32. The van der Waals surface area contributed by atoms with Gasteiger partial charge in [-0.25, -0.2) is 4.79 Å². The number of phenolic OH excluding ortho intramolecular Hbond substituents is 1. The van der Waals surface area contributed by atoms with Crippen molar-refractivity contribution in [1.82, 2.24) is 14.5 Å². The molecule has 6 nitrogen and oxygen atoms in total. The molecule has 0 saturated carbocycles. The number of aromatic hydroxyl groups is 1. The van der Waals surface area contributed by atoms with Gasteiger partial charge in [0.05, 0.1) is 11.0 Å². The van der Waals surface area contributed by atoms with E-state index in [1.165, 1.54) is 0 Å². The maximum Gasteiger partial charge on any atom is 0.326 e. The molecule has 0 amide bonds. The lowest BCUT2D eigenvalue weighted by Crippen LogP contribution is -2.47. The lowest BCUT2D eigenvalue weighted by atomic mass is 10.1. The number of nitrogens with zero attached hydrogens (tertiary/aromatic N) is 3. The van der Waals surface area contributed by atoms with Crippen LogP contribution in [0.3, 0.4) is 0 Å². The molecule has 2 N–H and O–H groups in total. The van der Waals surface area contributed by atoms with Crippen molar-refractivity contribution in [2.75, 3.05) is 37.6 Å². The Morgan fingerprint density at radius 2 is 1.81 bits per heavy atom. The van der Waals surface area contributed by atoms with Gasteiger partial charge in [0.25, 0.3) is 0 Å². The number of fused-ring (bicyclic) bond motifs is 1. The highest BCUT2D eigenvalue weighted by molar-refractivity contribution is 5.74. The number of phenols is 1. The summed E-state index contributed by atoms with van der Waals surface area (Å²) in [5.74, 6) is 0.321. The van der Waals surface area contributed by atoms with Gasteiger partial charge >= 0.3 is 5.69 Å². The molecular formula is C20H24N4O2. The van der Waals surface area contributed by atoms with Gasteiger partial charge in [-0.15, -0.1) is 0 Å². The molecular weight excluding hydrogens is 328 g/mol. The van der Waals surface area contributed by atoms with Gasteiger partial charge < -0.3 is 15.0 Å². The number of piperazine rings is 1. The van der Waals surface area contributed by atoms with Crippen LogP contribution in [0.25, 0.3) is 11.0 Å². The number of aromatic amines is 1. The van der Waals surface area contributed by atoms with E-state index < -0.39 is 0 Å². The summed E-state index contributed by atoms with van der Waals surface area (Å²) in [6, 6.07) is 13.5. The standard InChI is InChI=1S/C20H24N4O2/c1-15-12-16(14-17(25)13-15)23-9-6-22(7-10-23)8-11-24-19-5-3-2-4-18(19)21-20(24)26/h2-5,12-14,25H,6-11H2,1H3,(H,21,26). The van der Waals surface area contributed by atoms with Crippen molar-refractivity contribution >= 4 is 16.7 Å². The third-order valence-corrected chi connectivity index (χ3v) is 5.11. The minimum Gasteiger partial charge on any atom is -0.508 e. The number of hydrogen-bond acceptors (Lipinski definition) is 4. The van der Waals surface area contributed by atoms with Crippen molar-refractivity contribution < 1.29 is 5.11 Å². The van der Waals surface area contributed by atoms with Crippen LogP contribution in [0.5, 0.6) is 5.75 Å². The lowest BCUT2D eigenvalue weighted by Gasteiger charge is -2.36. The molecule has 2 heterocycles. The summed E-state index contributed by atoms with van der Waals surface area (Å²) in [6.45, 7) is 7.29. The zero-order valence-electron chi connectivity index (χ0n) is 15.0. The van der Waals surface area contributed by atoms with E-state index >= 15 is 0 Å². The maximum absolute atomic E-state index is 12.2. The first-order valence-corrected chi connectivity index (χ1v) is 9.06. The van der Waals surface area contributed by atoms with Gasteiger partial charge in [0.15, 0.2) is 0 Å². The number of aromatic nitrogens is 2. The minimum atomic E-state index is -0.0416. The van der Waals surface area contributed by atoms with Crippen molar-refractivity contribution in [2.45, 2.75) is 13.5 Å². The van der Waals surface area contributed by atoms with E-state index in [1.807, 2.05) is 41.8 Å². The molecule has 1 fully saturated rings. The molecule has 26 heavy (non-hydrogen) atoms. The fourth-order valence-electron chi connectivity index (χ4n) is 3.73. The number of nitrogens with one attached hydrogen (secondary N) is 1. The van der Waals surface area contributed by atoms with Crippen LogP contribution in [0, 0.1) is 6.92 Å². The van der Waals surface area contributed by atoms with Gasteiger partial charge in [-0.05, 0) is 36.8 Å². The van der Waals surface area contributed by atoms with Crippen molar-refractivity contribution in [3.63, 3.8) is 0 Å². The fourth-order valence-corrected chi connectivity index (χ4v) is 3.73. The summed E-state index contributed by atoms with van der Waals surface area (Å²) >= 11 is 0. The normalized spacial score (nSPS) is 15.7. The Morgan fingerprint density at radius 3 is 2.58 bits per heavy atom. The predicted molar refractivity (Wildman–Crippen MR) is 104 cm³/mol. The van der Waals surface area contributed by atoms with Crippen LogP contribution in [-0.2, 0) is 6.54 Å². The highest BCUT2D eigenvalue weighted by atomic mass is 16.3. The molecule has 1 aliphatic heterocycles. The summed E-state index contributed by atoms with van der Waals surface area (Å²) in [5.41, 5.74) is 3.96. The van der Waals surface area contributed by atoms with Crippen LogP contribution in [0.1, 0.15) is 5.56 Å². The van der Waals surface area contributed by atoms with Crippen molar-refractivity contribution in [3.05, 3.63) is 58.5 Å². The highest BCUT2D eigenvalue weighted by Gasteiger charge is 2.18. The first kappa shape index (κ1) is 16.7. The van der Waals surface area contributed by atoms with Crippen LogP contribution in [0.15, 0.2) is 47.3 Å². The molecule has 1 aromatic heterocycles. The minimum absolute atomic E-state index is 0.0416. The summed E-state index contributed by atoms with van der Waals surface area (Å²) in [6.07, 6.45) is 0. The molecule has 4 rings (SSSR count). The average Bonchev–Trinajstić information content (AvgIpc) is 2.95. The molecule has 0 spiro atoms. The smallest absolute Gasteiger partial charge is 0.326 e. The van der Waals surface area contributed by atoms with Gasteiger partial charge in [-0.2, -0.15) is 0 Å². The van der Waals surface area contributed by atoms with Crippen LogP contribution in [0.2, 0.25) is 0 Å². The molecule has 2 aromatic carbocycles. The van der Waals surface area contributed by atoms with E-state index in [-0.39, 0.29) is 5.69 Å². The Kier molecular flexibility index (Phi) is 4.42. The summed E-state index contributed by atoms with van der Waals surface area (Å²) in [5, 5.41) is 9.81. The number of hydrogen-bond donors (Lipinski definition) is 2. The average molecular weight is 352 g/mol. The van der Waals surface area contributed by atoms with E-state index in [9.17, 15) is 9.90 Å². The Hall–Kier alpha value is -2.73. The third-order valence-electron chi connectivity index (χ3n) is 5.11. The van der Waals surface area contributed by atoms with Gasteiger partial charge in [-0.1, -0.05) is 12.1 Å². The molecule has 1 aliphatic rings. The lowest BCUT2D eigenvalue weighted by molar-refractivity contribution is 0.248. The molecule has 6 heteroatoms. The quantitative estimate of drug-likeness (QED) is 0.755. The van der Waals surface area contributed by atoms with E-state index in [2.05, 4.69) is 20.9 Å². The first-order valence-electron chi connectivity index (χ1n) is 9.06. The Bertz CT molecular complexity index is 947. The topological polar surface area (TPSA) is 64.5 Å². The number of rotatable bonds is 4. The molecule has 1 saturated heterocycles. The summed E-state index contributed by atoms with van der Waals surface area (Å²) in [4.78, 5) is 19.8. The van der Waals surface area contributed by atoms with Crippen molar-refractivity contribution in [2.24, 2.45) is 0 Å². The number of benzene rings is 2. The molecule has 0 bridgehead atoms. The van der Waals surface area contributed by atoms with E-state index in [0.29, 0.717) is 12.3 Å². The maximum atomic E-state index is 12.2. The molecule has 0 aliphatic carbocycles. The zero-order chi connectivity index (χ0) is 18.1. The molecule has 0 radical (unpaired) electrons. The van der Waals surface area contributed by atoms with Crippen LogP contribution >= 0.6 is 0 Å². The molecule has 136 valence electrons. The van der Waals surface area contributed by atoms with Gasteiger partial charge in [-0.3, -0.25) is 9.47 Å². The van der Waals surface area contributed by atoms with Gasteiger partial charge in [0.1, 0.15) is 5.75 Å². The molecule has 3 aromatic rings. The molecule has 0 unspecified atom stereocenters. The fraction of sp³-hybridized carbons (Fsp3) is 0.350. The van der Waals surface area contributed by atoms with Crippen molar-refractivity contribution in [3.8, 4) is 5.75 Å².